The van der Waals surface area contributed by atoms with Crippen molar-refractivity contribution in [2.75, 3.05) is 7.11 Å². The molecular formula is C14H18N2O2. The van der Waals surface area contributed by atoms with E-state index in [0.717, 1.165) is 16.9 Å². The number of rotatable bonds is 5. The number of aromatic nitrogens is 2. The maximum Gasteiger partial charge on any atom is 0.118 e. The fraction of sp³-hybridized carbons (Fsp3) is 0.357. The molecule has 0 aliphatic rings. The first-order valence-corrected chi connectivity index (χ1v) is 5.96. The van der Waals surface area contributed by atoms with Crippen LogP contribution in [0.4, 0.5) is 0 Å². The lowest BCUT2D eigenvalue weighted by Gasteiger charge is -2.09. The Kier molecular flexibility index (Phi) is 3.99. The van der Waals surface area contributed by atoms with E-state index >= 15 is 0 Å². The number of nitrogens with zero attached hydrogens (tertiary/aromatic N) is 2. The van der Waals surface area contributed by atoms with Gasteiger partial charge in [-0.3, -0.25) is 4.68 Å². The second-order valence-corrected chi connectivity index (χ2v) is 4.43. The van der Waals surface area contributed by atoms with Gasteiger partial charge in [0.15, 0.2) is 0 Å². The fourth-order valence-electron chi connectivity index (χ4n) is 1.96. The molecule has 1 heterocycles. The van der Waals surface area contributed by atoms with Crippen molar-refractivity contribution in [1.82, 2.24) is 9.78 Å². The predicted octanol–water partition coefficient (Wildman–Crippen LogP) is 1.57. The van der Waals surface area contributed by atoms with Crippen LogP contribution in [0.25, 0.3) is 0 Å². The Balaban J connectivity index is 1.91. The van der Waals surface area contributed by atoms with Crippen molar-refractivity contribution in [2.45, 2.75) is 18.9 Å². The Labute approximate surface area is 107 Å². The van der Waals surface area contributed by atoms with E-state index in [1.54, 1.807) is 18.0 Å². The number of aryl methyl sites for hydroxylation is 1. The number of aliphatic hydroxyl groups is 1. The maximum absolute atomic E-state index is 10.0. The van der Waals surface area contributed by atoms with Gasteiger partial charge in [0.25, 0.3) is 0 Å². The summed E-state index contributed by atoms with van der Waals surface area (Å²) in [5, 5.41) is 14.1. The molecule has 0 radical (unpaired) electrons. The fourth-order valence-corrected chi connectivity index (χ4v) is 1.96. The van der Waals surface area contributed by atoms with Crippen LogP contribution in [0.3, 0.4) is 0 Å². The van der Waals surface area contributed by atoms with Crippen molar-refractivity contribution < 1.29 is 9.84 Å². The molecule has 0 aliphatic carbocycles. The molecule has 0 amide bonds. The molecule has 1 aromatic heterocycles. The predicted molar refractivity (Wildman–Crippen MR) is 69.6 cm³/mol. The normalized spacial score (nSPS) is 12.4. The number of benzene rings is 1. The molecule has 0 saturated carbocycles. The van der Waals surface area contributed by atoms with Crippen molar-refractivity contribution in [3.05, 3.63) is 47.8 Å². The van der Waals surface area contributed by atoms with Crippen molar-refractivity contribution in [1.29, 1.82) is 0 Å². The van der Waals surface area contributed by atoms with Gasteiger partial charge in [0.1, 0.15) is 5.75 Å². The van der Waals surface area contributed by atoms with E-state index in [9.17, 15) is 5.11 Å². The average Bonchev–Trinajstić information content (AvgIpc) is 2.75. The van der Waals surface area contributed by atoms with Crippen LogP contribution in [0.15, 0.2) is 36.7 Å². The first-order valence-electron chi connectivity index (χ1n) is 5.96. The minimum Gasteiger partial charge on any atom is -0.497 e. The highest BCUT2D eigenvalue weighted by Crippen LogP contribution is 2.14. The van der Waals surface area contributed by atoms with E-state index in [1.165, 1.54) is 0 Å². The van der Waals surface area contributed by atoms with Crippen LogP contribution in [-0.4, -0.2) is 28.1 Å². The number of hydrogen-bond acceptors (Lipinski definition) is 3. The first kappa shape index (κ1) is 12.6. The highest BCUT2D eigenvalue weighted by Gasteiger charge is 2.08. The van der Waals surface area contributed by atoms with Crippen LogP contribution in [0.1, 0.15) is 11.1 Å². The molecule has 2 rings (SSSR count). The average molecular weight is 246 g/mol. The van der Waals surface area contributed by atoms with Gasteiger partial charge in [0, 0.05) is 19.7 Å². The zero-order valence-corrected chi connectivity index (χ0v) is 10.7. The van der Waals surface area contributed by atoms with Gasteiger partial charge in [-0.15, -0.1) is 0 Å². The molecule has 4 heteroatoms. The van der Waals surface area contributed by atoms with Crippen LogP contribution in [-0.2, 0) is 19.9 Å². The van der Waals surface area contributed by atoms with Crippen molar-refractivity contribution in [2.24, 2.45) is 7.05 Å². The molecule has 0 fully saturated rings. The summed E-state index contributed by atoms with van der Waals surface area (Å²) in [4.78, 5) is 0. The lowest BCUT2D eigenvalue weighted by Crippen LogP contribution is -2.13. The Morgan fingerprint density at radius 3 is 2.44 bits per heavy atom. The Morgan fingerprint density at radius 2 is 1.89 bits per heavy atom. The van der Waals surface area contributed by atoms with Crippen LogP contribution in [0.5, 0.6) is 5.75 Å². The third-order valence-electron chi connectivity index (χ3n) is 2.86. The summed E-state index contributed by atoms with van der Waals surface area (Å²) in [6.07, 6.45) is 4.59. The van der Waals surface area contributed by atoms with Gasteiger partial charge in [0.05, 0.1) is 19.4 Å². The maximum atomic E-state index is 10.0. The van der Waals surface area contributed by atoms with E-state index in [1.807, 2.05) is 37.5 Å². The van der Waals surface area contributed by atoms with Gasteiger partial charge < -0.3 is 9.84 Å². The summed E-state index contributed by atoms with van der Waals surface area (Å²) in [7, 11) is 3.52. The summed E-state index contributed by atoms with van der Waals surface area (Å²) < 4.78 is 6.84. The van der Waals surface area contributed by atoms with Gasteiger partial charge >= 0.3 is 0 Å². The molecular weight excluding hydrogens is 228 g/mol. The molecule has 0 bridgehead atoms. The van der Waals surface area contributed by atoms with E-state index in [2.05, 4.69) is 5.10 Å². The molecule has 4 nitrogen and oxygen atoms in total. The smallest absolute Gasteiger partial charge is 0.118 e. The minimum atomic E-state index is -0.386. The molecule has 2 aromatic rings. The molecule has 1 aromatic carbocycles. The molecule has 0 saturated heterocycles. The zero-order valence-electron chi connectivity index (χ0n) is 10.7. The minimum absolute atomic E-state index is 0.386. The van der Waals surface area contributed by atoms with Gasteiger partial charge in [-0.1, -0.05) is 12.1 Å². The molecule has 1 unspecified atom stereocenters. The second-order valence-electron chi connectivity index (χ2n) is 4.43. The Morgan fingerprint density at radius 1 is 1.22 bits per heavy atom. The van der Waals surface area contributed by atoms with E-state index in [-0.39, 0.29) is 6.10 Å². The van der Waals surface area contributed by atoms with Crippen LogP contribution >= 0.6 is 0 Å². The summed E-state index contributed by atoms with van der Waals surface area (Å²) in [6, 6.07) is 7.77. The molecule has 0 aliphatic heterocycles. The highest BCUT2D eigenvalue weighted by molar-refractivity contribution is 5.27. The topological polar surface area (TPSA) is 47.3 Å². The Bertz CT molecular complexity index is 491. The van der Waals surface area contributed by atoms with E-state index < -0.39 is 0 Å². The summed E-state index contributed by atoms with van der Waals surface area (Å²) in [6.45, 7) is 0. The van der Waals surface area contributed by atoms with Gasteiger partial charge in [-0.05, 0) is 29.7 Å². The van der Waals surface area contributed by atoms with Crippen LogP contribution < -0.4 is 4.74 Å². The summed E-state index contributed by atoms with van der Waals surface area (Å²) in [5.41, 5.74) is 2.16. The lowest BCUT2D eigenvalue weighted by molar-refractivity contribution is 0.175. The number of aliphatic hydroxyl groups excluding tert-OH is 1. The first-order chi connectivity index (χ1) is 8.67. The molecule has 1 N–H and O–H groups in total. The van der Waals surface area contributed by atoms with Crippen molar-refractivity contribution in [3.63, 3.8) is 0 Å². The SMILES string of the molecule is COc1ccc(CC(O)Cc2cnn(C)c2)cc1. The van der Waals surface area contributed by atoms with Crippen molar-refractivity contribution in [3.8, 4) is 5.75 Å². The highest BCUT2D eigenvalue weighted by atomic mass is 16.5. The zero-order chi connectivity index (χ0) is 13.0. The third kappa shape index (κ3) is 3.34. The number of hydrogen-bond donors (Lipinski definition) is 1. The van der Waals surface area contributed by atoms with Gasteiger partial charge in [0.2, 0.25) is 0 Å². The van der Waals surface area contributed by atoms with E-state index in [0.29, 0.717) is 12.8 Å². The van der Waals surface area contributed by atoms with Crippen molar-refractivity contribution >= 4 is 0 Å². The molecule has 0 spiro atoms. The quantitative estimate of drug-likeness (QED) is 0.871. The molecule has 18 heavy (non-hydrogen) atoms. The monoisotopic (exact) mass is 246 g/mol. The third-order valence-corrected chi connectivity index (χ3v) is 2.86. The summed E-state index contributed by atoms with van der Waals surface area (Å²) >= 11 is 0. The number of ether oxygens (including phenoxy) is 1. The number of methoxy groups -OCH3 is 1. The molecule has 96 valence electrons. The second kappa shape index (κ2) is 5.69. The van der Waals surface area contributed by atoms with Gasteiger partial charge in [-0.2, -0.15) is 5.10 Å². The van der Waals surface area contributed by atoms with Gasteiger partial charge in [-0.25, -0.2) is 0 Å². The van der Waals surface area contributed by atoms with Crippen LogP contribution in [0, 0.1) is 0 Å². The largest absolute Gasteiger partial charge is 0.497 e. The molecule has 1 atom stereocenters. The van der Waals surface area contributed by atoms with Crippen LogP contribution in [0.2, 0.25) is 0 Å². The Hall–Kier alpha value is -1.81. The standard InChI is InChI=1S/C14H18N2O2/c1-16-10-12(9-15-16)8-13(17)7-11-3-5-14(18-2)6-4-11/h3-6,9-10,13,17H,7-8H2,1-2H3. The summed E-state index contributed by atoms with van der Waals surface area (Å²) in [5.74, 6) is 0.834. The van der Waals surface area contributed by atoms with E-state index in [4.69, 9.17) is 4.74 Å². The lowest BCUT2D eigenvalue weighted by atomic mass is 10.0.